The van der Waals surface area contributed by atoms with Crippen molar-refractivity contribution < 1.29 is 93.4 Å². The van der Waals surface area contributed by atoms with Crippen LogP contribution >= 0.6 is 0 Å². The zero-order valence-corrected chi connectivity index (χ0v) is 25.3. The van der Waals surface area contributed by atoms with Gasteiger partial charge in [0.1, 0.15) is 50.5 Å². The molecule has 4 N–H and O–H groups in total. The number of aliphatic hydroxyl groups excluding tert-OH is 4. The van der Waals surface area contributed by atoms with Gasteiger partial charge in [-0.2, -0.15) is 17.6 Å². The number of halogens is 8. The fourth-order valence-electron chi connectivity index (χ4n) is 3.16. The summed E-state index contributed by atoms with van der Waals surface area (Å²) in [7, 11) is 0. The van der Waals surface area contributed by atoms with E-state index in [1.54, 1.807) is 12.1 Å². The molecule has 1 aromatic carbocycles. The summed E-state index contributed by atoms with van der Waals surface area (Å²) in [5.41, 5.74) is 1.03. The van der Waals surface area contributed by atoms with Crippen molar-refractivity contribution in [3.05, 3.63) is 29.8 Å². The van der Waals surface area contributed by atoms with E-state index < -0.39 is 102 Å². The van der Waals surface area contributed by atoms with Crippen molar-refractivity contribution >= 4 is 0 Å². The van der Waals surface area contributed by atoms with Crippen LogP contribution in [0.2, 0.25) is 0 Å². The lowest BCUT2D eigenvalue weighted by molar-refractivity contribution is -0.518. The minimum absolute atomic E-state index is 0.0688. The van der Waals surface area contributed by atoms with Gasteiger partial charge in [0.15, 0.2) is 0 Å². The van der Waals surface area contributed by atoms with Gasteiger partial charge < -0.3 is 48.8 Å². The molecule has 3 unspecified atom stereocenters. The highest BCUT2D eigenvalue weighted by Gasteiger charge is 2.52. The summed E-state index contributed by atoms with van der Waals surface area (Å²) in [6.45, 7) is -7.64. The molecule has 20 heteroatoms. The maximum atomic E-state index is 13.7. The molecule has 0 heterocycles. The van der Waals surface area contributed by atoms with Crippen LogP contribution in [0.4, 0.5) is 35.1 Å². The van der Waals surface area contributed by atoms with Crippen LogP contribution in [0, 0.1) is 6.92 Å². The predicted molar refractivity (Wildman–Crippen MR) is 142 cm³/mol. The normalized spacial score (nSPS) is 15.1. The lowest BCUT2D eigenvalue weighted by Crippen LogP contribution is -2.44. The molecule has 0 aromatic heterocycles. The first-order valence-corrected chi connectivity index (χ1v) is 14.0. The van der Waals surface area contributed by atoms with Gasteiger partial charge in [0.05, 0.1) is 46.2 Å². The molecule has 0 aliphatic rings. The van der Waals surface area contributed by atoms with E-state index in [-0.39, 0.29) is 26.4 Å². The Morgan fingerprint density at radius 1 is 0.596 bits per heavy atom. The van der Waals surface area contributed by atoms with Gasteiger partial charge in [0.2, 0.25) is 0 Å². The van der Waals surface area contributed by atoms with Crippen molar-refractivity contribution in [1.29, 1.82) is 0 Å². The summed E-state index contributed by atoms with van der Waals surface area (Å²) in [5.74, 6) is -2.88. The number of alkyl halides is 8. The Morgan fingerprint density at radius 3 is 1.60 bits per heavy atom. The second-order valence-corrected chi connectivity index (χ2v) is 10.1. The van der Waals surface area contributed by atoms with Crippen molar-refractivity contribution in [2.24, 2.45) is 0 Å². The molecule has 47 heavy (non-hydrogen) atoms. The van der Waals surface area contributed by atoms with Crippen LogP contribution in [0.3, 0.4) is 0 Å². The minimum Gasteiger partial charge on any atom is -0.491 e. The molecule has 0 bridgehead atoms. The van der Waals surface area contributed by atoms with Crippen molar-refractivity contribution in [3.63, 3.8) is 0 Å². The van der Waals surface area contributed by atoms with Gasteiger partial charge in [-0.05, 0) is 19.1 Å². The first-order chi connectivity index (χ1) is 21.8. The van der Waals surface area contributed by atoms with Crippen molar-refractivity contribution in [3.8, 4) is 5.75 Å². The molecule has 0 saturated heterocycles. The van der Waals surface area contributed by atoms with Crippen LogP contribution in [0.15, 0.2) is 24.3 Å². The third-order valence-corrected chi connectivity index (χ3v) is 5.25. The van der Waals surface area contributed by atoms with Gasteiger partial charge in [0.25, 0.3) is 5.92 Å². The number of hydrogen-bond donors (Lipinski definition) is 4. The Hall–Kier alpha value is -1.98. The SMILES string of the molecule is Cc1ccc(OCC(O)COCC(O)COCCOCC(F)(F)OC(F)(F)OC(F)(F)COCC(O)COCC(F)(F)CCO)cc1. The monoisotopic (exact) mass is 708 g/mol. The summed E-state index contributed by atoms with van der Waals surface area (Å²) in [5, 5.41) is 37.6. The standard InChI is InChI=1S/C27H40F8O12/c1-19-2-4-23(5-3-19)45-15-22(39)12-42-11-20(37)10-40-8-9-41-17-25(30,31)46-27(34,35)47-26(32,33)18-44-14-21(38)13-43-16-24(28,29)6-7-36/h2-5,20-22,36-39H,6-18H2,1H3. The Kier molecular flexibility index (Phi) is 19.4. The number of benzene rings is 1. The maximum absolute atomic E-state index is 13.7. The topological polar surface area (TPSA) is 155 Å². The number of ether oxygens (including phenoxy) is 8. The molecule has 12 nitrogen and oxygen atoms in total. The van der Waals surface area contributed by atoms with Crippen LogP contribution in [-0.2, 0) is 33.2 Å². The van der Waals surface area contributed by atoms with Gasteiger partial charge in [0, 0.05) is 13.0 Å². The van der Waals surface area contributed by atoms with E-state index in [4.69, 9.17) is 19.3 Å². The summed E-state index contributed by atoms with van der Waals surface area (Å²) >= 11 is 0. The molecule has 0 saturated carbocycles. The van der Waals surface area contributed by atoms with Crippen LogP contribution in [0.5, 0.6) is 5.75 Å². The molecule has 276 valence electrons. The average Bonchev–Trinajstić information content (AvgIpc) is 2.93. The zero-order chi connectivity index (χ0) is 35.6. The number of aryl methyl sites for hydroxylation is 1. The van der Waals surface area contributed by atoms with Crippen LogP contribution in [-0.4, -0.2) is 142 Å². The second-order valence-electron chi connectivity index (χ2n) is 10.1. The molecule has 0 aliphatic carbocycles. The fourth-order valence-corrected chi connectivity index (χ4v) is 3.16. The van der Waals surface area contributed by atoms with E-state index in [0.29, 0.717) is 5.75 Å². The number of rotatable bonds is 28. The van der Waals surface area contributed by atoms with Crippen molar-refractivity contribution in [2.45, 2.75) is 56.1 Å². The van der Waals surface area contributed by atoms with E-state index in [1.807, 2.05) is 19.1 Å². The quantitative estimate of drug-likeness (QED) is 0.0574. The Balaban J connectivity index is 2.19. The average molecular weight is 709 g/mol. The maximum Gasteiger partial charge on any atom is 0.495 e. The summed E-state index contributed by atoms with van der Waals surface area (Å²) in [4.78, 5) is 0. The van der Waals surface area contributed by atoms with E-state index in [9.17, 15) is 50.4 Å². The summed E-state index contributed by atoms with van der Waals surface area (Å²) in [6.07, 6.45) is -20.1. The van der Waals surface area contributed by atoms with E-state index in [0.717, 1.165) is 5.56 Å². The molecule has 1 rings (SSSR count). The zero-order valence-electron chi connectivity index (χ0n) is 25.3. The summed E-state index contributed by atoms with van der Waals surface area (Å²) < 4.78 is 143. The molecule has 1 aromatic rings. The molecule has 0 aliphatic heterocycles. The van der Waals surface area contributed by atoms with Gasteiger partial charge >= 0.3 is 18.5 Å². The molecular formula is C27H40F8O12. The summed E-state index contributed by atoms with van der Waals surface area (Å²) in [6, 6.07) is 7.11. The second kappa shape index (κ2) is 21.2. The lowest BCUT2D eigenvalue weighted by Gasteiger charge is -2.26. The molecule has 0 amide bonds. The fraction of sp³-hybridized carbons (Fsp3) is 0.778. The van der Waals surface area contributed by atoms with Gasteiger partial charge in [-0.3, -0.25) is 0 Å². The molecule has 0 radical (unpaired) electrons. The largest absolute Gasteiger partial charge is 0.495 e. The smallest absolute Gasteiger partial charge is 0.491 e. The number of hydrogen-bond acceptors (Lipinski definition) is 12. The van der Waals surface area contributed by atoms with Crippen molar-refractivity contribution in [1.82, 2.24) is 0 Å². The van der Waals surface area contributed by atoms with E-state index in [2.05, 4.69) is 23.7 Å². The Labute approximate surface area is 265 Å². The molecule has 0 spiro atoms. The third-order valence-electron chi connectivity index (χ3n) is 5.25. The Morgan fingerprint density at radius 2 is 1.04 bits per heavy atom. The van der Waals surface area contributed by atoms with Crippen LogP contribution < -0.4 is 4.74 Å². The molecule has 0 fully saturated rings. The van der Waals surface area contributed by atoms with Gasteiger partial charge in [-0.25, -0.2) is 18.3 Å². The predicted octanol–water partition coefficient (Wildman–Crippen LogP) is 2.33. The highest BCUT2D eigenvalue weighted by Crippen LogP contribution is 2.33. The first-order valence-electron chi connectivity index (χ1n) is 14.0. The van der Waals surface area contributed by atoms with Gasteiger partial charge in [-0.1, -0.05) is 17.7 Å². The Bertz CT molecular complexity index is 962. The minimum atomic E-state index is -5.54. The highest BCUT2D eigenvalue weighted by molar-refractivity contribution is 5.26. The lowest BCUT2D eigenvalue weighted by atomic mass is 10.2. The molecule has 3 atom stereocenters. The van der Waals surface area contributed by atoms with Gasteiger partial charge in [-0.15, -0.1) is 8.78 Å². The first kappa shape index (κ1) is 43.0. The number of aliphatic hydroxyl groups is 4. The van der Waals surface area contributed by atoms with Crippen molar-refractivity contribution in [2.75, 3.05) is 79.3 Å². The van der Waals surface area contributed by atoms with Crippen LogP contribution in [0.1, 0.15) is 12.0 Å². The van der Waals surface area contributed by atoms with E-state index >= 15 is 0 Å². The van der Waals surface area contributed by atoms with E-state index in [1.165, 1.54) is 0 Å². The van der Waals surface area contributed by atoms with Crippen LogP contribution in [0.25, 0.3) is 0 Å². The molecular weight excluding hydrogens is 668 g/mol. The third kappa shape index (κ3) is 22.3. The highest BCUT2D eigenvalue weighted by atomic mass is 19.3.